The highest BCUT2D eigenvalue weighted by atomic mass is 32.2. The first-order valence-corrected chi connectivity index (χ1v) is 3.36. The Morgan fingerprint density at radius 3 is 2.89 bits per heavy atom. The Labute approximate surface area is 57.4 Å². The number of nitrogens with zero attached hydrogens (tertiary/aromatic N) is 1. The van der Waals surface area contributed by atoms with Crippen LogP contribution in [0.2, 0.25) is 0 Å². The fourth-order valence-corrected chi connectivity index (χ4v) is 1.15. The highest BCUT2D eigenvalue weighted by molar-refractivity contribution is 7.97. The Balaban J connectivity index is 2.70. The van der Waals surface area contributed by atoms with E-state index in [1.165, 1.54) is 0 Å². The van der Waals surface area contributed by atoms with Gasteiger partial charge < -0.3 is 5.11 Å². The van der Waals surface area contributed by atoms with Crippen LogP contribution in [0.4, 0.5) is 0 Å². The minimum absolute atomic E-state index is 0.00870. The fraction of sp³-hybridized carbons (Fsp3) is 0.400. The molecule has 0 unspecified atom stereocenters. The number of hydrogen-bond acceptors (Lipinski definition) is 2. The maximum atomic E-state index is 8.82. The van der Waals surface area contributed by atoms with Gasteiger partial charge in [-0.2, -0.15) is 0 Å². The molecular weight excluding hydrogens is 138 g/mol. The molecule has 0 fully saturated rings. The number of aliphatic hydroxyl groups excluding tert-OH is 1. The first kappa shape index (κ1) is 6.48. The number of aliphatic hydroxyl groups is 1. The van der Waals surface area contributed by atoms with Crippen LogP contribution in [0.5, 0.6) is 0 Å². The lowest BCUT2D eigenvalue weighted by Crippen LogP contribution is -2.13. The number of hydrogen-bond donors (Lipinski definition) is 2. The Morgan fingerprint density at radius 2 is 2.44 bits per heavy atom. The molecule has 0 aromatic heterocycles. The minimum atomic E-state index is -0.00870. The molecule has 0 atom stereocenters. The van der Waals surface area contributed by atoms with Gasteiger partial charge in [-0.05, 0) is 6.92 Å². The third-order valence-electron chi connectivity index (χ3n) is 1.02. The van der Waals surface area contributed by atoms with Gasteiger partial charge in [0.05, 0.1) is 15.5 Å². The van der Waals surface area contributed by atoms with Crippen LogP contribution >= 0.6 is 11.9 Å². The third kappa shape index (κ3) is 1.38. The average molecular weight is 146 g/mol. The van der Waals surface area contributed by atoms with Gasteiger partial charge in [-0.3, -0.25) is 5.21 Å². The molecule has 2 N–H and O–H groups in total. The summed E-state index contributed by atoms with van der Waals surface area (Å²) in [6, 6.07) is 0. The molecule has 0 aliphatic carbocycles. The van der Waals surface area contributed by atoms with E-state index in [2.05, 4.69) is 0 Å². The van der Waals surface area contributed by atoms with Gasteiger partial charge in [0.2, 0.25) is 0 Å². The molecule has 0 spiro atoms. The van der Waals surface area contributed by atoms with Crippen molar-refractivity contribution >= 4 is 17.8 Å². The van der Waals surface area contributed by atoms with E-state index in [4.69, 9.17) is 10.3 Å². The summed E-state index contributed by atoms with van der Waals surface area (Å²) in [6.07, 6.45) is 2.28. The quantitative estimate of drug-likeness (QED) is 0.307. The largest absolute Gasteiger partial charge is 0.459 e. The smallest absolute Gasteiger partial charge is 0.402 e. The molecule has 1 rings (SSSR count). The summed E-state index contributed by atoms with van der Waals surface area (Å²) in [4.78, 5) is 0.996. The maximum Gasteiger partial charge on any atom is 0.402 e. The van der Waals surface area contributed by atoms with Crippen molar-refractivity contribution in [1.29, 1.82) is 0 Å². The molecule has 0 radical (unpaired) electrons. The molecule has 0 aromatic rings. The van der Waals surface area contributed by atoms with Crippen molar-refractivity contribution in [2.24, 2.45) is 0 Å². The molecule has 4 heteroatoms. The van der Waals surface area contributed by atoms with Crippen molar-refractivity contribution in [3.63, 3.8) is 0 Å². The Hall–Kier alpha value is -0.640. The van der Waals surface area contributed by atoms with Gasteiger partial charge in [0.15, 0.2) is 0 Å². The van der Waals surface area contributed by atoms with Crippen molar-refractivity contribution in [3.05, 3.63) is 11.0 Å². The van der Waals surface area contributed by atoms with E-state index >= 15 is 0 Å². The van der Waals surface area contributed by atoms with Gasteiger partial charge in [0.1, 0.15) is 0 Å². The second-order valence-corrected chi connectivity index (χ2v) is 2.97. The van der Waals surface area contributed by atoms with Gasteiger partial charge in [-0.1, -0.05) is 6.08 Å². The monoisotopic (exact) mass is 146 g/mol. The maximum absolute atomic E-state index is 8.82. The van der Waals surface area contributed by atoms with Gasteiger partial charge in [0.25, 0.3) is 11.9 Å². The third-order valence-corrected chi connectivity index (χ3v) is 1.86. The Bertz CT molecular complexity index is 185. The second kappa shape index (κ2) is 2.31. The first-order chi connectivity index (χ1) is 4.20. The summed E-state index contributed by atoms with van der Waals surface area (Å²) in [6.45, 7) is 1.88. The van der Waals surface area contributed by atoms with Crippen molar-refractivity contribution in [3.8, 4) is 0 Å². The predicted molar refractivity (Wildman–Crippen MR) is 35.6 cm³/mol. The predicted octanol–water partition coefficient (Wildman–Crippen LogP) is 1.30. The molecule has 0 saturated carbocycles. The normalized spacial score (nSPS) is 19.9. The van der Waals surface area contributed by atoms with Crippen LogP contribution in [0.3, 0.4) is 0 Å². The topological polar surface area (TPSA) is 43.5 Å². The second-order valence-electron chi connectivity index (χ2n) is 1.80. The lowest BCUT2D eigenvalue weighted by atomic mass is 10.4. The van der Waals surface area contributed by atoms with Crippen LogP contribution in [0, 0.1) is 0 Å². The Morgan fingerprint density at radius 1 is 1.78 bits per heavy atom. The van der Waals surface area contributed by atoms with E-state index < -0.39 is 0 Å². The van der Waals surface area contributed by atoms with Crippen LogP contribution in [0.25, 0.3) is 0 Å². The zero-order valence-electron chi connectivity index (χ0n) is 5.03. The first-order valence-electron chi connectivity index (χ1n) is 2.58. The SMILES string of the molecule is CC1=CCC(O)=[N+](O)S1. The van der Waals surface area contributed by atoms with Crippen molar-refractivity contribution in [1.82, 2.24) is 0 Å². The summed E-state index contributed by atoms with van der Waals surface area (Å²) < 4.78 is 0.773. The molecule has 3 nitrogen and oxygen atoms in total. The van der Waals surface area contributed by atoms with E-state index in [1.807, 2.05) is 13.0 Å². The standard InChI is InChI=1S/C5H7NO2S/c1-4-2-3-5(7)6(8)9-4/h2,8H,3H2,1H3/p+1. The van der Waals surface area contributed by atoms with Crippen LogP contribution in [0.1, 0.15) is 13.3 Å². The fourth-order valence-electron chi connectivity index (χ4n) is 0.539. The zero-order valence-corrected chi connectivity index (χ0v) is 5.85. The van der Waals surface area contributed by atoms with Crippen LogP contribution in [0.15, 0.2) is 11.0 Å². The van der Waals surface area contributed by atoms with Gasteiger partial charge >= 0.3 is 5.90 Å². The molecule has 0 aromatic carbocycles. The molecule has 0 saturated heterocycles. The number of rotatable bonds is 0. The van der Waals surface area contributed by atoms with E-state index in [0.29, 0.717) is 6.42 Å². The van der Waals surface area contributed by atoms with Gasteiger partial charge in [-0.15, -0.1) is 0 Å². The van der Waals surface area contributed by atoms with E-state index in [1.54, 1.807) is 0 Å². The van der Waals surface area contributed by atoms with Crippen LogP contribution in [-0.4, -0.2) is 20.4 Å². The number of allylic oxidation sites excluding steroid dienone is 1. The highest BCUT2D eigenvalue weighted by Crippen LogP contribution is 2.19. The molecule has 0 amide bonds. The van der Waals surface area contributed by atoms with E-state index in [-0.39, 0.29) is 5.90 Å². The van der Waals surface area contributed by atoms with Crippen molar-refractivity contribution in [2.45, 2.75) is 13.3 Å². The molecule has 9 heavy (non-hydrogen) atoms. The summed E-state index contributed by atoms with van der Waals surface area (Å²) in [5.74, 6) is -0.00870. The molecule has 50 valence electrons. The van der Waals surface area contributed by atoms with Crippen LogP contribution < -0.4 is 0 Å². The summed E-state index contributed by atoms with van der Waals surface area (Å²) in [5, 5.41) is 17.6. The lowest BCUT2D eigenvalue weighted by Gasteiger charge is -1.97. The molecule has 0 bridgehead atoms. The van der Waals surface area contributed by atoms with Gasteiger partial charge in [-0.25, -0.2) is 0 Å². The molecule has 1 aliphatic rings. The summed E-state index contributed by atoms with van der Waals surface area (Å²) >= 11 is 1.11. The molecule has 1 heterocycles. The minimum Gasteiger partial charge on any atom is -0.459 e. The average Bonchev–Trinajstić information content (AvgIpc) is 1.80. The summed E-state index contributed by atoms with van der Waals surface area (Å²) in [7, 11) is 0. The molecule has 1 aliphatic heterocycles. The van der Waals surface area contributed by atoms with Crippen LogP contribution in [-0.2, 0) is 0 Å². The van der Waals surface area contributed by atoms with Gasteiger partial charge in [0, 0.05) is 0 Å². The van der Waals surface area contributed by atoms with Crippen molar-refractivity contribution < 1.29 is 14.5 Å². The zero-order chi connectivity index (χ0) is 6.85. The lowest BCUT2D eigenvalue weighted by molar-refractivity contribution is -0.651. The van der Waals surface area contributed by atoms with E-state index in [9.17, 15) is 0 Å². The van der Waals surface area contributed by atoms with Crippen molar-refractivity contribution in [2.75, 3.05) is 0 Å². The summed E-state index contributed by atoms with van der Waals surface area (Å²) in [5.41, 5.74) is 0. The van der Waals surface area contributed by atoms with E-state index in [0.717, 1.165) is 21.0 Å². The molecular formula is C5H8NO2S+. The highest BCUT2D eigenvalue weighted by Gasteiger charge is 2.19. The Kier molecular flexibility index (Phi) is 1.66.